The van der Waals surface area contributed by atoms with Crippen molar-refractivity contribution < 1.29 is 9.59 Å². The number of hydrogen-bond donors (Lipinski definition) is 2. The summed E-state index contributed by atoms with van der Waals surface area (Å²) in [4.78, 5) is 25.4. The third kappa shape index (κ3) is 4.06. The molecule has 0 aliphatic carbocycles. The molecule has 0 saturated carbocycles. The summed E-state index contributed by atoms with van der Waals surface area (Å²) in [6.45, 7) is 1.64. The molecule has 108 valence electrons. The Morgan fingerprint density at radius 3 is 2.50 bits per heavy atom. The molecule has 1 fully saturated rings. The Morgan fingerprint density at radius 2 is 1.85 bits per heavy atom. The second-order valence-electron chi connectivity index (χ2n) is 5.10. The molecule has 1 aliphatic heterocycles. The smallest absolute Gasteiger partial charge is 0.241 e. The van der Waals surface area contributed by atoms with Crippen LogP contribution in [0.25, 0.3) is 0 Å². The first kappa shape index (κ1) is 14.5. The normalized spacial score (nSPS) is 15.9. The Labute approximate surface area is 119 Å². The minimum atomic E-state index is -0.622. The Kier molecular flexibility index (Phi) is 5.12. The molecule has 0 bridgehead atoms. The van der Waals surface area contributed by atoms with E-state index < -0.39 is 6.04 Å². The number of nitrogens with one attached hydrogen (secondary N) is 1. The predicted molar refractivity (Wildman–Crippen MR) is 76.9 cm³/mol. The number of rotatable bonds is 5. The first-order chi connectivity index (χ1) is 9.66. The molecule has 0 radical (unpaired) electrons. The first-order valence-corrected chi connectivity index (χ1v) is 7.02. The van der Waals surface area contributed by atoms with E-state index in [0.29, 0.717) is 6.42 Å². The summed E-state index contributed by atoms with van der Waals surface area (Å²) in [7, 11) is 0. The van der Waals surface area contributed by atoms with E-state index in [9.17, 15) is 9.59 Å². The van der Waals surface area contributed by atoms with Gasteiger partial charge in [-0.25, -0.2) is 0 Å². The lowest BCUT2D eigenvalue weighted by Gasteiger charge is -2.17. The molecule has 1 aromatic carbocycles. The zero-order valence-electron chi connectivity index (χ0n) is 11.5. The highest BCUT2D eigenvalue weighted by Gasteiger charge is 2.20. The van der Waals surface area contributed by atoms with Gasteiger partial charge >= 0.3 is 0 Å². The van der Waals surface area contributed by atoms with Crippen molar-refractivity contribution in [1.29, 1.82) is 0 Å². The Bertz CT molecular complexity index is 455. The van der Waals surface area contributed by atoms with E-state index >= 15 is 0 Å². The zero-order chi connectivity index (χ0) is 14.4. The van der Waals surface area contributed by atoms with E-state index in [1.165, 1.54) is 0 Å². The summed E-state index contributed by atoms with van der Waals surface area (Å²) in [5, 5.41) is 2.62. The summed E-state index contributed by atoms with van der Waals surface area (Å²) in [6.07, 6.45) is 2.57. The zero-order valence-corrected chi connectivity index (χ0v) is 11.5. The van der Waals surface area contributed by atoms with Crippen molar-refractivity contribution in [3.05, 3.63) is 35.9 Å². The van der Waals surface area contributed by atoms with Crippen LogP contribution >= 0.6 is 0 Å². The summed E-state index contributed by atoms with van der Waals surface area (Å²) >= 11 is 0. The van der Waals surface area contributed by atoms with Gasteiger partial charge in [-0.3, -0.25) is 9.59 Å². The fourth-order valence-electron chi connectivity index (χ4n) is 2.33. The van der Waals surface area contributed by atoms with Crippen LogP contribution in [0.3, 0.4) is 0 Å². The summed E-state index contributed by atoms with van der Waals surface area (Å²) in [5.41, 5.74) is 6.87. The molecule has 2 rings (SSSR count). The fraction of sp³-hybridized carbons (Fsp3) is 0.467. The highest BCUT2D eigenvalue weighted by molar-refractivity contribution is 5.87. The third-order valence-corrected chi connectivity index (χ3v) is 3.51. The van der Waals surface area contributed by atoms with Gasteiger partial charge in [-0.2, -0.15) is 0 Å². The van der Waals surface area contributed by atoms with Crippen molar-refractivity contribution in [2.24, 2.45) is 5.73 Å². The predicted octanol–water partition coefficient (Wildman–Crippen LogP) is 0.295. The van der Waals surface area contributed by atoms with Gasteiger partial charge in [0.2, 0.25) is 11.8 Å². The number of nitrogens with zero attached hydrogens (tertiary/aromatic N) is 1. The molecule has 1 aromatic rings. The van der Waals surface area contributed by atoms with Crippen LogP contribution in [0.4, 0.5) is 0 Å². The number of amides is 2. The molecule has 1 aliphatic rings. The standard InChI is InChI=1S/C15H21N3O2/c16-13(10-12-6-2-1-3-7-12)15(20)17-11-14(19)18-8-4-5-9-18/h1-3,6-7,13H,4-5,8-11,16H2,(H,17,20)/t13-/m1/s1. The van der Waals surface area contributed by atoms with E-state index in [0.717, 1.165) is 31.5 Å². The van der Waals surface area contributed by atoms with Crippen LogP contribution in [0, 0.1) is 0 Å². The maximum absolute atomic E-state index is 11.9. The first-order valence-electron chi connectivity index (χ1n) is 7.02. The van der Waals surface area contributed by atoms with Gasteiger partial charge in [-0.15, -0.1) is 0 Å². The van der Waals surface area contributed by atoms with Crippen LogP contribution in [0.1, 0.15) is 18.4 Å². The van der Waals surface area contributed by atoms with Gasteiger partial charge in [0.05, 0.1) is 12.6 Å². The van der Waals surface area contributed by atoms with Crippen LogP contribution < -0.4 is 11.1 Å². The van der Waals surface area contributed by atoms with Crippen molar-refractivity contribution in [2.75, 3.05) is 19.6 Å². The van der Waals surface area contributed by atoms with Gasteiger partial charge < -0.3 is 16.0 Å². The van der Waals surface area contributed by atoms with Crippen molar-refractivity contribution in [2.45, 2.75) is 25.3 Å². The van der Waals surface area contributed by atoms with Gasteiger partial charge in [0.15, 0.2) is 0 Å². The maximum atomic E-state index is 11.9. The van der Waals surface area contributed by atoms with Gasteiger partial charge in [-0.05, 0) is 24.8 Å². The highest BCUT2D eigenvalue weighted by Crippen LogP contribution is 2.07. The van der Waals surface area contributed by atoms with Crippen molar-refractivity contribution in [1.82, 2.24) is 10.2 Å². The van der Waals surface area contributed by atoms with Crippen LogP contribution in [0.2, 0.25) is 0 Å². The molecular formula is C15H21N3O2. The lowest BCUT2D eigenvalue weighted by Crippen LogP contribution is -2.46. The van der Waals surface area contributed by atoms with Crippen LogP contribution in [0.5, 0.6) is 0 Å². The van der Waals surface area contributed by atoms with E-state index in [2.05, 4.69) is 5.32 Å². The summed E-state index contributed by atoms with van der Waals surface area (Å²) in [5.74, 6) is -0.302. The quantitative estimate of drug-likeness (QED) is 0.811. The average Bonchev–Trinajstić information content (AvgIpc) is 2.99. The maximum Gasteiger partial charge on any atom is 0.241 e. The monoisotopic (exact) mass is 275 g/mol. The molecule has 20 heavy (non-hydrogen) atoms. The van der Waals surface area contributed by atoms with Crippen molar-refractivity contribution in [3.8, 4) is 0 Å². The molecule has 1 heterocycles. The van der Waals surface area contributed by atoms with E-state index in [-0.39, 0.29) is 18.4 Å². The van der Waals surface area contributed by atoms with E-state index in [4.69, 9.17) is 5.73 Å². The molecule has 1 atom stereocenters. The number of carbonyl (C=O) groups is 2. The molecule has 1 saturated heterocycles. The summed E-state index contributed by atoms with van der Waals surface area (Å²) < 4.78 is 0. The van der Waals surface area contributed by atoms with Gasteiger partial charge in [-0.1, -0.05) is 30.3 Å². The van der Waals surface area contributed by atoms with Gasteiger partial charge in [0, 0.05) is 13.1 Å². The molecule has 2 amide bonds. The van der Waals surface area contributed by atoms with Crippen LogP contribution in [-0.2, 0) is 16.0 Å². The van der Waals surface area contributed by atoms with Crippen LogP contribution in [-0.4, -0.2) is 42.4 Å². The SMILES string of the molecule is N[C@H](Cc1ccccc1)C(=O)NCC(=O)N1CCCC1. The molecule has 3 N–H and O–H groups in total. The molecule has 5 heteroatoms. The largest absolute Gasteiger partial charge is 0.346 e. The third-order valence-electron chi connectivity index (χ3n) is 3.51. The Morgan fingerprint density at radius 1 is 1.20 bits per heavy atom. The molecular weight excluding hydrogens is 254 g/mol. The van der Waals surface area contributed by atoms with Crippen molar-refractivity contribution >= 4 is 11.8 Å². The second-order valence-corrected chi connectivity index (χ2v) is 5.10. The summed E-state index contributed by atoms with van der Waals surface area (Å²) in [6, 6.07) is 8.99. The number of carbonyl (C=O) groups excluding carboxylic acids is 2. The number of likely N-dealkylation sites (tertiary alicyclic amines) is 1. The molecule has 0 spiro atoms. The minimum Gasteiger partial charge on any atom is -0.346 e. The van der Waals surface area contributed by atoms with Crippen LogP contribution in [0.15, 0.2) is 30.3 Å². The molecule has 0 unspecified atom stereocenters. The van der Waals surface area contributed by atoms with E-state index in [1.54, 1.807) is 4.90 Å². The highest BCUT2D eigenvalue weighted by atomic mass is 16.2. The lowest BCUT2D eigenvalue weighted by atomic mass is 10.1. The second kappa shape index (κ2) is 7.05. The average molecular weight is 275 g/mol. The minimum absolute atomic E-state index is 0.0252. The molecule has 5 nitrogen and oxygen atoms in total. The number of hydrogen-bond acceptors (Lipinski definition) is 3. The van der Waals surface area contributed by atoms with Gasteiger partial charge in [0.1, 0.15) is 0 Å². The Balaban J connectivity index is 1.75. The molecule has 0 aromatic heterocycles. The van der Waals surface area contributed by atoms with Gasteiger partial charge in [0.25, 0.3) is 0 Å². The Hall–Kier alpha value is -1.88. The number of nitrogens with two attached hydrogens (primary N) is 1. The topological polar surface area (TPSA) is 75.4 Å². The van der Waals surface area contributed by atoms with Crippen molar-refractivity contribution in [3.63, 3.8) is 0 Å². The fourth-order valence-corrected chi connectivity index (χ4v) is 2.33. The number of benzene rings is 1. The lowest BCUT2D eigenvalue weighted by molar-refractivity contribution is -0.132. The van der Waals surface area contributed by atoms with E-state index in [1.807, 2.05) is 30.3 Å².